The van der Waals surface area contributed by atoms with Crippen molar-refractivity contribution in [3.05, 3.63) is 52.8 Å². The van der Waals surface area contributed by atoms with Crippen molar-refractivity contribution in [2.75, 3.05) is 10.6 Å². The maximum Gasteiger partial charge on any atom is 0.261 e. The standard InChI is InChI=1S/C21H23FN4O2/c1-11-20(12(2)28-26-11)21(27)24-15-7-8-18(16(22)9-15)25-19(14-5-6-14)10-17(23)13-3-4-13/h7-10,13-14,23,25H,3-6H2,1-2H3,(H,24,27)/b19-10-,23-17?. The molecular weight excluding hydrogens is 359 g/mol. The Morgan fingerprint density at radius 3 is 2.50 bits per heavy atom. The lowest BCUT2D eigenvalue weighted by atomic mass is 10.1. The van der Waals surface area contributed by atoms with Crippen LogP contribution in [-0.4, -0.2) is 16.8 Å². The van der Waals surface area contributed by atoms with E-state index < -0.39 is 5.82 Å². The summed E-state index contributed by atoms with van der Waals surface area (Å²) in [6.45, 7) is 3.34. The number of aromatic nitrogens is 1. The third kappa shape index (κ3) is 3.98. The Morgan fingerprint density at radius 2 is 1.93 bits per heavy atom. The summed E-state index contributed by atoms with van der Waals surface area (Å²) in [5, 5.41) is 17.7. The van der Waals surface area contributed by atoms with Crippen molar-refractivity contribution in [2.45, 2.75) is 39.5 Å². The smallest absolute Gasteiger partial charge is 0.261 e. The van der Waals surface area contributed by atoms with E-state index in [1.54, 1.807) is 26.0 Å². The average molecular weight is 382 g/mol. The lowest BCUT2D eigenvalue weighted by Crippen LogP contribution is -2.14. The molecule has 2 aliphatic rings. The maximum atomic E-state index is 14.6. The van der Waals surface area contributed by atoms with E-state index in [0.717, 1.165) is 31.4 Å². The highest BCUT2D eigenvalue weighted by Gasteiger charge is 2.30. The first kappa shape index (κ1) is 18.4. The number of allylic oxidation sites excluding steroid dienone is 2. The molecule has 1 aromatic heterocycles. The van der Waals surface area contributed by atoms with Crippen LogP contribution in [0.5, 0.6) is 0 Å². The number of nitrogens with zero attached hydrogens (tertiary/aromatic N) is 1. The van der Waals surface area contributed by atoms with Crippen molar-refractivity contribution in [1.82, 2.24) is 5.16 Å². The third-order valence-corrected chi connectivity index (χ3v) is 5.11. The maximum absolute atomic E-state index is 14.6. The molecular formula is C21H23FN4O2. The fourth-order valence-corrected chi connectivity index (χ4v) is 3.18. The Kier molecular flexibility index (Phi) is 4.75. The molecule has 3 N–H and O–H groups in total. The van der Waals surface area contributed by atoms with E-state index in [2.05, 4.69) is 15.8 Å². The molecule has 2 aromatic rings. The number of hydrogen-bond acceptors (Lipinski definition) is 5. The molecule has 28 heavy (non-hydrogen) atoms. The average Bonchev–Trinajstić information content (AvgIpc) is 3.54. The van der Waals surface area contributed by atoms with Crippen molar-refractivity contribution in [3.63, 3.8) is 0 Å². The van der Waals surface area contributed by atoms with E-state index in [0.29, 0.717) is 45.9 Å². The second-order valence-electron chi connectivity index (χ2n) is 7.58. The lowest BCUT2D eigenvalue weighted by molar-refractivity contribution is 0.102. The molecule has 2 fully saturated rings. The highest BCUT2D eigenvalue weighted by molar-refractivity contribution is 6.05. The van der Waals surface area contributed by atoms with Gasteiger partial charge in [-0.05, 0) is 69.7 Å². The largest absolute Gasteiger partial charge is 0.361 e. The second kappa shape index (κ2) is 7.22. The SMILES string of the molecule is Cc1noc(C)c1C(=O)Nc1ccc(N/C(=C\C(=N)C2CC2)C2CC2)c(F)c1. The molecule has 0 unspecified atom stereocenters. The number of rotatable bonds is 7. The van der Waals surface area contributed by atoms with Crippen molar-refractivity contribution in [1.29, 1.82) is 5.41 Å². The zero-order valence-corrected chi connectivity index (χ0v) is 15.9. The molecule has 2 saturated carbocycles. The summed E-state index contributed by atoms with van der Waals surface area (Å²) < 4.78 is 19.6. The van der Waals surface area contributed by atoms with Gasteiger partial charge in [0.2, 0.25) is 0 Å². The van der Waals surface area contributed by atoms with Gasteiger partial charge in [0, 0.05) is 23.0 Å². The summed E-state index contributed by atoms with van der Waals surface area (Å²) in [6, 6.07) is 4.54. The number of nitrogens with one attached hydrogen (secondary N) is 3. The van der Waals surface area contributed by atoms with Crippen LogP contribution < -0.4 is 10.6 Å². The van der Waals surface area contributed by atoms with Crippen LogP contribution in [0, 0.1) is 36.9 Å². The van der Waals surface area contributed by atoms with Crippen molar-refractivity contribution < 1.29 is 13.7 Å². The Hall–Kier alpha value is -2.96. The molecule has 0 bridgehead atoms. The summed E-state index contributed by atoms with van der Waals surface area (Å²) in [6.07, 6.45) is 6.12. The number of amides is 1. The van der Waals surface area contributed by atoms with Crippen LogP contribution in [0.3, 0.4) is 0 Å². The Bertz CT molecular complexity index is 951. The van der Waals surface area contributed by atoms with Gasteiger partial charge in [-0.25, -0.2) is 4.39 Å². The van der Waals surface area contributed by atoms with E-state index in [1.165, 1.54) is 6.07 Å². The third-order valence-electron chi connectivity index (χ3n) is 5.11. The van der Waals surface area contributed by atoms with Crippen molar-refractivity contribution in [2.24, 2.45) is 11.8 Å². The first-order valence-corrected chi connectivity index (χ1v) is 9.53. The minimum Gasteiger partial charge on any atom is -0.361 e. The summed E-state index contributed by atoms with van der Waals surface area (Å²) >= 11 is 0. The van der Waals surface area contributed by atoms with Gasteiger partial charge in [-0.3, -0.25) is 4.79 Å². The highest BCUT2D eigenvalue weighted by Crippen LogP contribution is 2.39. The minimum absolute atomic E-state index is 0.345. The van der Waals surface area contributed by atoms with Gasteiger partial charge in [0.05, 0.1) is 11.4 Å². The van der Waals surface area contributed by atoms with Crippen LogP contribution in [0.25, 0.3) is 0 Å². The number of benzene rings is 1. The summed E-state index contributed by atoms with van der Waals surface area (Å²) in [7, 11) is 0. The van der Waals surface area contributed by atoms with Crippen LogP contribution in [0.2, 0.25) is 0 Å². The first-order valence-electron chi connectivity index (χ1n) is 9.53. The fourth-order valence-electron chi connectivity index (χ4n) is 3.18. The van der Waals surface area contributed by atoms with E-state index in [4.69, 9.17) is 9.93 Å². The van der Waals surface area contributed by atoms with E-state index in [9.17, 15) is 9.18 Å². The van der Waals surface area contributed by atoms with E-state index >= 15 is 0 Å². The van der Waals surface area contributed by atoms with Crippen LogP contribution in [-0.2, 0) is 0 Å². The molecule has 4 rings (SSSR count). The number of anilines is 2. The Labute approximate surface area is 162 Å². The van der Waals surface area contributed by atoms with Gasteiger partial charge >= 0.3 is 0 Å². The zero-order chi connectivity index (χ0) is 19.8. The molecule has 0 radical (unpaired) electrons. The number of carbonyl (C=O) groups is 1. The van der Waals surface area contributed by atoms with Crippen LogP contribution >= 0.6 is 0 Å². The van der Waals surface area contributed by atoms with Gasteiger partial charge in [-0.2, -0.15) is 0 Å². The molecule has 2 aliphatic carbocycles. The quantitative estimate of drug-likeness (QED) is 0.599. The van der Waals surface area contributed by atoms with Crippen LogP contribution in [0.4, 0.5) is 15.8 Å². The highest BCUT2D eigenvalue weighted by atomic mass is 19.1. The molecule has 1 heterocycles. The molecule has 1 amide bonds. The number of carbonyl (C=O) groups excluding carboxylic acids is 1. The second-order valence-corrected chi connectivity index (χ2v) is 7.58. The fraction of sp³-hybridized carbons (Fsp3) is 0.381. The van der Waals surface area contributed by atoms with Gasteiger partial charge in [-0.1, -0.05) is 5.16 Å². The van der Waals surface area contributed by atoms with Gasteiger partial charge in [0.15, 0.2) is 0 Å². The lowest BCUT2D eigenvalue weighted by Gasteiger charge is -2.13. The molecule has 0 aliphatic heterocycles. The molecule has 0 saturated heterocycles. The molecule has 6 nitrogen and oxygen atoms in total. The van der Waals surface area contributed by atoms with Gasteiger partial charge in [0.25, 0.3) is 5.91 Å². The number of halogens is 1. The normalized spacial score (nSPS) is 16.8. The monoisotopic (exact) mass is 382 g/mol. The van der Waals surface area contributed by atoms with Crippen molar-refractivity contribution >= 4 is 23.0 Å². The minimum atomic E-state index is -0.457. The number of hydrogen-bond donors (Lipinski definition) is 3. The summed E-state index contributed by atoms with van der Waals surface area (Å²) in [5.74, 6) is 0.319. The number of aryl methyl sites for hydroxylation is 2. The zero-order valence-electron chi connectivity index (χ0n) is 15.9. The molecule has 0 spiro atoms. The topological polar surface area (TPSA) is 91.0 Å². The predicted molar refractivity (Wildman–Crippen MR) is 105 cm³/mol. The van der Waals surface area contributed by atoms with E-state index in [-0.39, 0.29) is 5.91 Å². The van der Waals surface area contributed by atoms with Gasteiger partial charge < -0.3 is 20.6 Å². The summed E-state index contributed by atoms with van der Waals surface area (Å²) in [5.41, 5.74) is 3.08. The molecule has 146 valence electrons. The van der Waals surface area contributed by atoms with E-state index in [1.807, 2.05) is 6.08 Å². The molecule has 0 atom stereocenters. The Balaban J connectivity index is 1.48. The Morgan fingerprint density at radius 1 is 1.21 bits per heavy atom. The van der Waals surface area contributed by atoms with Gasteiger partial charge in [-0.15, -0.1) is 0 Å². The van der Waals surface area contributed by atoms with Gasteiger partial charge in [0.1, 0.15) is 17.1 Å². The molecule has 7 heteroatoms. The predicted octanol–water partition coefficient (Wildman–Crippen LogP) is 4.82. The summed E-state index contributed by atoms with van der Waals surface area (Å²) in [4.78, 5) is 12.4. The first-order chi connectivity index (χ1) is 13.4. The van der Waals surface area contributed by atoms with Crippen molar-refractivity contribution in [3.8, 4) is 0 Å². The molecule has 1 aromatic carbocycles. The van der Waals surface area contributed by atoms with Crippen LogP contribution in [0.1, 0.15) is 47.5 Å². The van der Waals surface area contributed by atoms with Crippen LogP contribution in [0.15, 0.2) is 34.5 Å².